The number of anilines is 1. The Morgan fingerprint density at radius 3 is 2.61 bits per heavy atom. The lowest BCUT2D eigenvalue weighted by Crippen LogP contribution is -2.50. The molecule has 0 N–H and O–H groups in total. The van der Waals surface area contributed by atoms with Gasteiger partial charge in [0.1, 0.15) is 11.6 Å². The van der Waals surface area contributed by atoms with E-state index >= 15 is 0 Å². The zero-order valence-electron chi connectivity index (χ0n) is 15.7. The van der Waals surface area contributed by atoms with Crippen molar-refractivity contribution >= 4 is 29.3 Å². The predicted molar refractivity (Wildman–Crippen MR) is 105 cm³/mol. The molecule has 4 nitrogen and oxygen atoms in total. The van der Waals surface area contributed by atoms with Crippen LogP contribution in [0.2, 0.25) is 0 Å². The van der Waals surface area contributed by atoms with E-state index in [9.17, 15) is 18.4 Å². The maximum absolute atomic E-state index is 14.3. The van der Waals surface area contributed by atoms with Crippen molar-refractivity contribution in [3.63, 3.8) is 0 Å². The van der Waals surface area contributed by atoms with Crippen LogP contribution in [0.25, 0.3) is 0 Å². The second-order valence-corrected chi connectivity index (χ2v) is 8.29. The van der Waals surface area contributed by atoms with E-state index in [1.54, 1.807) is 17.9 Å². The summed E-state index contributed by atoms with van der Waals surface area (Å²) >= 11 is 1.41. The number of hydrogen-bond acceptors (Lipinski definition) is 3. The Bertz CT molecular complexity index is 961. The molecule has 2 aliphatic heterocycles. The van der Waals surface area contributed by atoms with Crippen molar-refractivity contribution in [3.8, 4) is 0 Å². The average molecular weight is 402 g/mol. The first kappa shape index (κ1) is 18.9. The lowest BCUT2D eigenvalue weighted by atomic mass is 10.0. The average Bonchev–Trinajstić information content (AvgIpc) is 3.21. The topological polar surface area (TPSA) is 40.6 Å². The lowest BCUT2D eigenvalue weighted by Gasteiger charge is -2.33. The number of nitrogens with zero attached hydrogens (tertiary/aromatic N) is 2. The van der Waals surface area contributed by atoms with Gasteiger partial charge in [0.15, 0.2) is 4.87 Å². The van der Waals surface area contributed by atoms with Crippen molar-refractivity contribution < 1.29 is 18.4 Å². The molecule has 2 aliphatic rings. The molecule has 28 heavy (non-hydrogen) atoms. The maximum atomic E-state index is 14.3. The van der Waals surface area contributed by atoms with Gasteiger partial charge in [-0.05, 0) is 25.1 Å². The molecule has 0 aromatic heterocycles. The van der Waals surface area contributed by atoms with Crippen LogP contribution in [0.15, 0.2) is 36.4 Å². The molecule has 2 aromatic rings. The number of rotatable bonds is 3. The van der Waals surface area contributed by atoms with E-state index in [0.717, 1.165) is 11.1 Å². The van der Waals surface area contributed by atoms with Crippen LogP contribution in [0.5, 0.6) is 0 Å². The smallest absolute Gasteiger partial charge is 0.268 e. The highest BCUT2D eigenvalue weighted by Crippen LogP contribution is 2.54. The summed E-state index contributed by atoms with van der Waals surface area (Å²) in [6.45, 7) is 3.94. The number of carbonyl (C=O) groups excluding carboxylic acids is 2. The van der Waals surface area contributed by atoms with Crippen LogP contribution in [-0.2, 0) is 21.0 Å². The van der Waals surface area contributed by atoms with Gasteiger partial charge in [0.25, 0.3) is 5.91 Å². The van der Waals surface area contributed by atoms with Crippen molar-refractivity contribution in [3.05, 3.63) is 64.7 Å². The van der Waals surface area contributed by atoms with Crippen LogP contribution in [-0.4, -0.2) is 29.0 Å². The third-order valence-electron chi connectivity index (χ3n) is 5.33. The van der Waals surface area contributed by atoms with Crippen LogP contribution in [0.3, 0.4) is 0 Å². The van der Waals surface area contributed by atoms with Crippen molar-refractivity contribution in [2.45, 2.75) is 31.7 Å². The Balaban J connectivity index is 1.85. The lowest BCUT2D eigenvalue weighted by molar-refractivity contribution is -0.139. The second kappa shape index (κ2) is 6.88. The van der Waals surface area contributed by atoms with Gasteiger partial charge in [-0.25, -0.2) is 8.78 Å². The van der Waals surface area contributed by atoms with E-state index in [-0.39, 0.29) is 23.9 Å². The minimum Gasteiger partial charge on any atom is -0.315 e. The number of amides is 2. The largest absolute Gasteiger partial charge is 0.315 e. The van der Waals surface area contributed by atoms with Gasteiger partial charge in [0, 0.05) is 29.8 Å². The van der Waals surface area contributed by atoms with Gasteiger partial charge in [0.05, 0.1) is 12.2 Å². The molecule has 1 fully saturated rings. The Morgan fingerprint density at radius 1 is 1.21 bits per heavy atom. The molecule has 0 radical (unpaired) electrons. The van der Waals surface area contributed by atoms with Crippen LogP contribution < -0.4 is 4.90 Å². The number of hydrogen-bond donors (Lipinski definition) is 0. The number of fused-ring (bicyclic) bond motifs is 2. The van der Waals surface area contributed by atoms with Gasteiger partial charge in [-0.3, -0.25) is 9.59 Å². The zero-order chi connectivity index (χ0) is 20.1. The Hall–Kier alpha value is -2.41. The number of carbonyl (C=O) groups is 2. The molecule has 146 valence electrons. The maximum Gasteiger partial charge on any atom is 0.268 e. The number of thioether (sulfide) groups is 1. The molecular weight excluding hydrogens is 382 g/mol. The summed E-state index contributed by atoms with van der Waals surface area (Å²) < 4.78 is 28.5. The Labute approximate surface area is 166 Å². The van der Waals surface area contributed by atoms with Gasteiger partial charge >= 0.3 is 0 Å². The van der Waals surface area contributed by atoms with Gasteiger partial charge in [0.2, 0.25) is 5.91 Å². The first-order valence-electron chi connectivity index (χ1n) is 9.20. The minimum absolute atomic E-state index is 0.107. The molecule has 1 spiro atoms. The molecule has 7 heteroatoms. The molecule has 4 rings (SSSR count). The molecular formula is C21H20F2N2O2S. The standard InChI is InChI=1S/C21H20F2N2O2S/c1-3-19(26)25-9-10-28-21(25)15-11-13(2)7-8-18(15)24(20(21)27)12-14-16(22)5-4-6-17(14)23/h4-8,11H,3,9-10,12H2,1-2H3/t21-/m0/s1. The SMILES string of the molecule is CCC(=O)N1CCS[C@@]12C(=O)N(Cc1c(F)cccc1F)c1ccc(C)cc12. The summed E-state index contributed by atoms with van der Waals surface area (Å²) in [4.78, 5) is 28.1. The second-order valence-electron chi connectivity index (χ2n) is 7.00. The molecule has 2 aromatic carbocycles. The van der Waals surface area contributed by atoms with Crippen molar-refractivity contribution in [2.75, 3.05) is 17.2 Å². The quantitative estimate of drug-likeness (QED) is 0.780. The normalized spacial score (nSPS) is 20.9. The highest BCUT2D eigenvalue weighted by Gasteiger charge is 2.59. The van der Waals surface area contributed by atoms with Crippen molar-refractivity contribution in [2.24, 2.45) is 0 Å². The summed E-state index contributed by atoms with van der Waals surface area (Å²) in [6.07, 6.45) is 0.290. The van der Waals surface area contributed by atoms with E-state index in [1.807, 2.05) is 19.1 Å². The number of aryl methyl sites for hydroxylation is 1. The number of benzene rings is 2. The van der Waals surface area contributed by atoms with Crippen LogP contribution in [0.1, 0.15) is 30.0 Å². The van der Waals surface area contributed by atoms with Crippen LogP contribution in [0.4, 0.5) is 14.5 Å². The molecule has 2 heterocycles. The highest BCUT2D eigenvalue weighted by molar-refractivity contribution is 8.01. The fraction of sp³-hybridized carbons (Fsp3) is 0.333. The summed E-state index contributed by atoms with van der Waals surface area (Å²) in [5.74, 6) is -1.18. The molecule has 0 unspecified atom stereocenters. The molecule has 1 saturated heterocycles. The summed E-state index contributed by atoms with van der Waals surface area (Å²) in [7, 11) is 0. The van der Waals surface area contributed by atoms with E-state index in [1.165, 1.54) is 34.9 Å². The van der Waals surface area contributed by atoms with Gasteiger partial charge < -0.3 is 9.80 Å². The predicted octanol–water partition coefficient (Wildman–Crippen LogP) is 3.96. The van der Waals surface area contributed by atoms with Gasteiger partial charge in [-0.2, -0.15) is 0 Å². The van der Waals surface area contributed by atoms with E-state index in [2.05, 4.69) is 0 Å². The first-order valence-corrected chi connectivity index (χ1v) is 10.2. The van der Waals surface area contributed by atoms with Crippen molar-refractivity contribution in [1.29, 1.82) is 0 Å². The molecule has 0 bridgehead atoms. The molecule has 2 amide bonds. The van der Waals surface area contributed by atoms with Gasteiger partial charge in [-0.1, -0.05) is 30.7 Å². The highest BCUT2D eigenvalue weighted by atomic mass is 32.2. The Kier molecular flexibility index (Phi) is 4.65. The third-order valence-corrected chi connectivity index (χ3v) is 6.75. The zero-order valence-corrected chi connectivity index (χ0v) is 16.5. The fourth-order valence-corrected chi connectivity index (χ4v) is 5.45. The van der Waals surface area contributed by atoms with Crippen molar-refractivity contribution in [1.82, 2.24) is 4.90 Å². The third kappa shape index (κ3) is 2.64. The first-order chi connectivity index (χ1) is 13.4. The van der Waals surface area contributed by atoms with Crippen LogP contribution in [0, 0.1) is 18.6 Å². The number of halogens is 2. The monoisotopic (exact) mass is 402 g/mol. The summed E-state index contributed by atoms with van der Waals surface area (Å²) in [5, 5.41) is 0. The minimum atomic E-state index is -1.16. The van der Waals surface area contributed by atoms with Crippen LogP contribution >= 0.6 is 11.8 Å². The Morgan fingerprint density at radius 2 is 1.93 bits per heavy atom. The molecule has 1 atom stereocenters. The summed E-state index contributed by atoms with van der Waals surface area (Å²) in [6, 6.07) is 9.22. The summed E-state index contributed by atoms with van der Waals surface area (Å²) in [5.41, 5.74) is 2.12. The van der Waals surface area contributed by atoms with E-state index in [4.69, 9.17) is 0 Å². The van der Waals surface area contributed by atoms with E-state index < -0.39 is 16.5 Å². The molecule has 0 saturated carbocycles. The molecule has 0 aliphatic carbocycles. The van der Waals surface area contributed by atoms with E-state index in [0.29, 0.717) is 24.4 Å². The van der Waals surface area contributed by atoms with Gasteiger partial charge in [-0.15, -0.1) is 11.8 Å². The fourth-order valence-electron chi connectivity index (χ4n) is 3.97.